The number of rotatable bonds is 3. The Labute approximate surface area is 132 Å². The normalized spacial score (nSPS) is 9.77. The molecular weight excluding hydrogens is 270 g/mol. The van der Waals surface area contributed by atoms with Gasteiger partial charge in [-0.15, -0.1) is 0 Å². The van der Waals surface area contributed by atoms with Gasteiger partial charge in [0.2, 0.25) is 0 Å². The van der Waals surface area contributed by atoms with Crippen LogP contribution in [0.3, 0.4) is 0 Å². The number of amides is 1. The Kier molecular flexibility index (Phi) is 5.38. The van der Waals surface area contributed by atoms with Crippen molar-refractivity contribution in [3.63, 3.8) is 0 Å². The molecule has 0 saturated carbocycles. The molecule has 0 heterocycles. The van der Waals surface area contributed by atoms with Crippen LogP contribution in [0, 0.1) is 32.6 Å². The van der Waals surface area contributed by atoms with Crippen molar-refractivity contribution in [3.05, 3.63) is 70.3 Å². The van der Waals surface area contributed by atoms with Gasteiger partial charge in [0.1, 0.15) is 0 Å². The Hall–Kier alpha value is -2.53. The van der Waals surface area contributed by atoms with E-state index >= 15 is 0 Å². The molecule has 1 amide bonds. The van der Waals surface area contributed by atoms with Crippen molar-refractivity contribution < 1.29 is 4.79 Å². The average Bonchev–Trinajstić information content (AvgIpc) is 2.46. The summed E-state index contributed by atoms with van der Waals surface area (Å²) < 4.78 is 0. The van der Waals surface area contributed by atoms with Crippen molar-refractivity contribution in [2.45, 2.75) is 27.2 Å². The van der Waals surface area contributed by atoms with Crippen LogP contribution in [-0.4, -0.2) is 12.5 Å². The smallest absolute Gasteiger partial charge is 0.296 e. The fraction of sp³-hybridized carbons (Fsp3) is 0.250. The highest BCUT2D eigenvalue weighted by Crippen LogP contribution is 2.07. The SMILES string of the molecule is Cc1ccc(CCNC(=O)C#Cc2cc(C)cc(C)c2)cc1. The van der Waals surface area contributed by atoms with E-state index in [9.17, 15) is 4.79 Å². The highest BCUT2D eigenvalue weighted by atomic mass is 16.1. The van der Waals surface area contributed by atoms with Crippen LogP contribution < -0.4 is 5.32 Å². The fourth-order valence-electron chi connectivity index (χ4n) is 2.30. The number of hydrogen-bond acceptors (Lipinski definition) is 1. The van der Waals surface area contributed by atoms with Crippen LogP contribution in [0.25, 0.3) is 0 Å². The minimum atomic E-state index is -0.230. The van der Waals surface area contributed by atoms with Crippen LogP contribution in [0.5, 0.6) is 0 Å². The van der Waals surface area contributed by atoms with Crippen molar-refractivity contribution in [2.75, 3.05) is 6.54 Å². The Bertz CT molecular complexity index is 697. The Morgan fingerprint density at radius 2 is 1.59 bits per heavy atom. The van der Waals surface area contributed by atoms with E-state index in [1.54, 1.807) is 0 Å². The molecule has 0 fully saturated rings. The lowest BCUT2D eigenvalue weighted by atomic mass is 10.1. The van der Waals surface area contributed by atoms with E-state index in [1.807, 2.05) is 26.0 Å². The number of aryl methyl sites for hydroxylation is 3. The first-order valence-electron chi connectivity index (χ1n) is 7.46. The first-order valence-corrected chi connectivity index (χ1v) is 7.46. The van der Waals surface area contributed by atoms with Gasteiger partial charge in [0, 0.05) is 18.0 Å². The van der Waals surface area contributed by atoms with E-state index in [4.69, 9.17) is 0 Å². The predicted molar refractivity (Wildman–Crippen MR) is 90.7 cm³/mol. The Morgan fingerprint density at radius 1 is 0.955 bits per heavy atom. The van der Waals surface area contributed by atoms with Gasteiger partial charge in [-0.3, -0.25) is 4.79 Å². The van der Waals surface area contributed by atoms with Gasteiger partial charge in [0.25, 0.3) is 5.91 Å². The van der Waals surface area contributed by atoms with Crippen molar-refractivity contribution >= 4 is 5.91 Å². The lowest BCUT2D eigenvalue weighted by Gasteiger charge is -2.02. The van der Waals surface area contributed by atoms with Gasteiger partial charge in [0.05, 0.1) is 0 Å². The summed E-state index contributed by atoms with van der Waals surface area (Å²) >= 11 is 0. The van der Waals surface area contributed by atoms with E-state index in [1.165, 1.54) is 11.1 Å². The number of hydrogen-bond donors (Lipinski definition) is 1. The zero-order valence-electron chi connectivity index (χ0n) is 13.4. The molecule has 2 aromatic carbocycles. The summed E-state index contributed by atoms with van der Waals surface area (Å²) in [6.45, 7) is 6.72. The molecule has 0 unspecified atom stereocenters. The number of carbonyl (C=O) groups is 1. The molecule has 0 bridgehead atoms. The summed E-state index contributed by atoms with van der Waals surface area (Å²) in [5.41, 5.74) is 5.65. The van der Waals surface area contributed by atoms with Crippen molar-refractivity contribution in [3.8, 4) is 11.8 Å². The third kappa shape index (κ3) is 5.10. The molecule has 0 saturated heterocycles. The van der Waals surface area contributed by atoms with Gasteiger partial charge in [-0.05, 0) is 56.0 Å². The maximum Gasteiger partial charge on any atom is 0.296 e. The summed E-state index contributed by atoms with van der Waals surface area (Å²) in [5, 5.41) is 2.83. The maximum atomic E-state index is 11.7. The van der Waals surface area contributed by atoms with Crippen LogP contribution in [0.15, 0.2) is 42.5 Å². The molecule has 2 heteroatoms. The third-order valence-corrected chi connectivity index (χ3v) is 3.36. The van der Waals surface area contributed by atoms with Gasteiger partial charge in [0.15, 0.2) is 0 Å². The van der Waals surface area contributed by atoms with Crippen LogP contribution in [0.2, 0.25) is 0 Å². The number of benzene rings is 2. The van der Waals surface area contributed by atoms with E-state index in [-0.39, 0.29) is 5.91 Å². The second kappa shape index (κ2) is 7.47. The van der Waals surface area contributed by atoms with Crippen molar-refractivity contribution in [1.29, 1.82) is 0 Å². The summed E-state index contributed by atoms with van der Waals surface area (Å²) in [4.78, 5) is 11.7. The average molecular weight is 291 g/mol. The van der Waals surface area contributed by atoms with E-state index in [2.05, 4.69) is 54.4 Å². The van der Waals surface area contributed by atoms with E-state index < -0.39 is 0 Å². The quantitative estimate of drug-likeness (QED) is 0.864. The summed E-state index contributed by atoms with van der Waals surface area (Å²) in [6, 6.07) is 14.4. The lowest BCUT2D eigenvalue weighted by molar-refractivity contribution is -0.115. The molecule has 0 aliphatic rings. The van der Waals surface area contributed by atoms with Gasteiger partial charge in [-0.25, -0.2) is 0 Å². The van der Waals surface area contributed by atoms with Gasteiger partial charge >= 0.3 is 0 Å². The third-order valence-electron chi connectivity index (χ3n) is 3.36. The largest absolute Gasteiger partial charge is 0.345 e. The first-order chi connectivity index (χ1) is 10.5. The summed E-state index contributed by atoms with van der Waals surface area (Å²) in [5.74, 6) is 5.34. The molecular formula is C20H21NO. The minimum Gasteiger partial charge on any atom is -0.345 e. The molecule has 0 radical (unpaired) electrons. The van der Waals surface area contributed by atoms with Crippen molar-refractivity contribution in [1.82, 2.24) is 5.32 Å². The second-order valence-electron chi connectivity index (χ2n) is 5.62. The maximum absolute atomic E-state index is 11.7. The molecule has 0 aromatic heterocycles. The molecule has 0 aliphatic carbocycles. The Balaban J connectivity index is 1.85. The molecule has 1 N–H and O–H groups in total. The monoisotopic (exact) mass is 291 g/mol. The lowest BCUT2D eigenvalue weighted by Crippen LogP contribution is -2.23. The highest BCUT2D eigenvalue weighted by molar-refractivity contribution is 5.94. The van der Waals surface area contributed by atoms with Crippen LogP contribution in [0.1, 0.15) is 27.8 Å². The number of nitrogens with one attached hydrogen (secondary N) is 1. The standard InChI is InChI=1S/C20H21NO/c1-15-4-6-18(7-5-15)10-11-21-20(22)9-8-19-13-16(2)12-17(3)14-19/h4-7,12-14H,10-11H2,1-3H3,(H,21,22). The molecule has 2 rings (SSSR count). The van der Waals surface area contributed by atoms with Crippen LogP contribution >= 0.6 is 0 Å². The van der Waals surface area contributed by atoms with E-state index in [0.717, 1.165) is 23.1 Å². The second-order valence-corrected chi connectivity index (χ2v) is 5.62. The molecule has 2 nitrogen and oxygen atoms in total. The molecule has 22 heavy (non-hydrogen) atoms. The predicted octanol–water partition coefficient (Wildman–Crippen LogP) is 3.32. The first kappa shape index (κ1) is 15.9. The highest BCUT2D eigenvalue weighted by Gasteiger charge is 1.97. The van der Waals surface area contributed by atoms with Gasteiger partial charge in [-0.1, -0.05) is 41.8 Å². The van der Waals surface area contributed by atoms with E-state index in [0.29, 0.717) is 6.54 Å². The minimum absolute atomic E-state index is 0.230. The molecule has 0 atom stereocenters. The molecule has 2 aromatic rings. The zero-order chi connectivity index (χ0) is 15.9. The molecule has 0 aliphatic heterocycles. The van der Waals surface area contributed by atoms with Crippen molar-refractivity contribution in [2.24, 2.45) is 0 Å². The van der Waals surface area contributed by atoms with Gasteiger partial charge in [-0.2, -0.15) is 0 Å². The summed E-state index contributed by atoms with van der Waals surface area (Å²) in [6.07, 6.45) is 0.817. The van der Waals surface area contributed by atoms with Gasteiger partial charge < -0.3 is 5.32 Å². The summed E-state index contributed by atoms with van der Waals surface area (Å²) in [7, 11) is 0. The Morgan fingerprint density at radius 3 is 2.23 bits per heavy atom. The number of carbonyl (C=O) groups excluding carboxylic acids is 1. The molecule has 0 spiro atoms. The zero-order valence-corrected chi connectivity index (χ0v) is 13.4. The molecule has 112 valence electrons. The van der Waals surface area contributed by atoms with Crippen LogP contribution in [0.4, 0.5) is 0 Å². The fourth-order valence-corrected chi connectivity index (χ4v) is 2.30. The topological polar surface area (TPSA) is 29.1 Å². The van der Waals surface area contributed by atoms with Crippen LogP contribution in [-0.2, 0) is 11.2 Å².